The lowest BCUT2D eigenvalue weighted by Crippen LogP contribution is -2.28. The first-order chi connectivity index (χ1) is 5.72. The number of nitrogens with one attached hydrogen (secondary N) is 1. The van der Waals surface area contributed by atoms with Crippen LogP contribution < -0.4 is 5.32 Å². The summed E-state index contributed by atoms with van der Waals surface area (Å²) in [6.45, 7) is 3.81. The predicted molar refractivity (Wildman–Crippen MR) is 44.4 cm³/mol. The minimum Gasteiger partial charge on any atom is -0.356 e. The molecule has 1 saturated heterocycles. The highest BCUT2D eigenvalue weighted by molar-refractivity contribution is 5.72. The van der Waals surface area contributed by atoms with Crippen molar-refractivity contribution in [3.63, 3.8) is 0 Å². The van der Waals surface area contributed by atoms with E-state index < -0.39 is 0 Å². The standard InChI is InChI=1S/C8H14N2O2/c1-7(12)9-4-8-2-3-10(5-8)6-11/h6,8H,2-5H2,1H3,(H,9,12). The molecule has 1 heterocycles. The van der Waals surface area contributed by atoms with Crippen molar-refractivity contribution in [3.05, 3.63) is 0 Å². The van der Waals surface area contributed by atoms with Crippen LogP contribution in [0, 0.1) is 5.92 Å². The minimum absolute atomic E-state index is 0.000414. The van der Waals surface area contributed by atoms with E-state index in [1.54, 1.807) is 4.90 Å². The number of rotatable bonds is 3. The van der Waals surface area contributed by atoms with Gasteiger partial charge in [0.25, 0.3) is 0 Å². The van der Waals surface area contributed by atoms with Crippen LogP contribution in [0.3, 0.4) is 0 Å². The molecule has 1 unspecified atom stereocenters. The highest BCUT2D eigenvalue weighted by Crippen LogP contribution is 2.12. The highest BCUT2D eigenvalue weighted by Gasteiger charge is 2.20. The zero-order valence-electron chi connectivity index (χ0n) is 7.25. The van der Waals surface area contributed by atoms with Gasteiger partial charge in [0.1, 0.15) is 0 Å². The molecule has 1 N–H and O–H groups in total. The number of hydrogen-bond acceptors (Lipinski definition) is 2. The maximum absolute atomic E-state index is 10.6. The molecule has 0 bridgehead atoms. The average Bonchev–Trinajstić information content (AvgIpc) is 2.48. The first kappa shape index (κ1) is 9.03. The van der Waals surface area contributed by atoms with Gasteiger partial charge >= 0.3 is 0 Å². The van der Waals surface area contributed by atoms with Crippen molar-refractivity contribution in [2.24, 2.45) is 5.92 Å². The normalized spacial score (nSPS) is 22.4. The Labute approximate surface area is 71.9 Å². The number of nitrogens with zero attached hydrogens (tertiary/aromatic N) is 1. The van der Waals surface area contributed by atoms with E-state index in [4.69, 9.17) is 0 Å². The summed E-state index contributed by atoms with van der Waals surface area (Å²) in [5.41, 5.74) is 0. The van der Waals surface area contributed by atoms with Crippen molar-refractivity contribution in [2.75, 3.05) is 19.6 Å². The monoisotopic (exact) mass is 170 g/mol. The van der Waals surface area contributed by atoms with E-state index in [2.05, 4.69) is 5.32 Å². The Hall–Kier alpha value is -1.06. The molecule has 1 aliphatic heterocycles. The van der Waals surface area contributed by atoms with Crippen molar-refractivity contribution in [1.29, 1.82) is 0 Å². The van der Waals surface area contributed by atoms with Crippen LogP contribution in [0.15, 0.2) is 0 Å². The van der Waals surface area contributed by atoms with Gasteiger partial charge in [0, 0.05) is 26.6 Å². The summed E-state index contributed by atoms with van der Waals surface area (Å²) in [5.74, 6) is 0.443. The lowest BCUT2D eigenvalue weighted by atomic mass is 10.1. The maximum Gasteiger partial charge on any atom is 0.216 e. The summed E-state index contributed by atoms with van der Waals surface area (Å²) >= 11 is 0. The summed E-state index contributed by atoms with van der Waals surface area (Å²) in [6, 6.07) is 0. The molecule has 1 aliphatic rings. The molecule has 4 heteroatoms. The second-order valence-corrected chi connectivity index (χ2v) is 3.19. The lowest BCUT2D eigenvalue weighted by molar-refractivity contribution is -0.119. The fraction of sp³-hybridized carbons (Fsp3) is 0.750. The van der Waals surface area contributed by atoms with Gasteiger partial charge in [-0.2, -0.15) is 0 Å². The SMILES string of the molecule is CC(=O)NCC1CCN(C=O)C1. The van der Waals surface area contributed by atoms with Crippen LogP contribution in [-0.4, -0.2) is 36.9 Å². The average molecular weight is 170 g/mol. The second kappa shape index (κ2) is 4.09. The summed E-state index contributed by atoms with van der Waals surface area (Å²) in [6.07, 6.45) is 1.87. The molecule has 0 aromatic carbocycles. The van der Waals surface area contributed by atoms with Gasteiger partial charge in [0.15, 0.2) is 0 Å². The molecule has 0 radical (unpaired) electrons. The molecule has 2 amide bonds. The molecule has 0 spiro atoms. The zero-order valence-corrected chi connectivity index (χ0v) is 7.25. The van der Waals surface area contributed by atoms with E-state index in [9.17, 15) is 9.59 Å². The highest BCUT2D eigenvalue weighted by atomic mass is 16.1. The van der Waals surface area contributed by atoms with E-state index >= 15 is 0 Å². The summed E-state index contributed by atoms with van der Waals surface area (Å²) < 4.78 is 0. The third kappa shape index (κ3) is 2.53. The summed E-state index contributed by atoms with van der Waals surface area (Å²) in [7, 11) is 0. The van der Waals surface area contributed by atoms with Gasteiger partial charge in [-0.3, -0.25) is 9.59 Å². The largest absolute Gasteiger partial charge is 0.356 e. The molecular formula is C8H14N2O2. The molecular weight excluding hydrogens is 156 g/mol. The summed E-state index contributed by atoms with van der Waals surface area (Å²) in [4.78, 5) is 22.6. The molecule has 68 valence electrons. The van der Waals surface area contributed by atoms with Crippen LogP contribution in [0.5, 0.6) is 0 Å². The zero-order chi connectivity index (χ0) is 8.97. The number of hydrogen-bond donors (Lipinski definition) is 1. The molecule has 4 nitrogen and oxygen atoms in total. The number of amides is 2. The molecule has 0 saturated carbocycles. The number of likely N-dealkylation sites (tertiary alicyclic amines) is 1. The van der Waals surface area contributed by atoms with Gasteiger partial charge < -0.3 is 10.2 Å². The van der Waals surface area contributed by atoms with Gasteiger partial charge in [-0.05, 0) is 12.3 Å². The van der Waals surface area contributed by atoms with E-state index in [1.165, 1.54) is 6.92 Å². The van der Waals surface area contributed by atoms with E-state index in [-0.39, 0.29) is 5.91 Å². The summed E-state index contributed by atoms with van der Waals surface area (Å²) in [5, 5.41) is 2.75. The van der Waals surface area contributed by atoms with Crippen LogP contribution in [-0.2, 0) is 9.59 Å². The van der Waals surface area contributed by atoms with Gasteiger partial charge in [0.2, 0.25) is 12.3 Å². The number of carbonyl (C=O) groups is 2. The Morgan fingerprint density at radius 1 is 1.75 bits per heavy atom. The van der Waals surface area contributed by atoms with Crippen LogP contribution in [0.4, 0.5) is 0 Å². The molecule has 0 aromatic heterocycles. The lowest BCUT2D eigenvalue weighted by Gasteiger charge is -2.10. The van der Waals surface area contributed by atoms with Crippen molar-refractivity contribution >= 4 is 12.3 Å². The van der Waals surface area contributed by atoms with Gasteiger partial charge in [-0.1, -0.05) is 0 Å². The van der Waals surface area contributed by atoms with Crippen molar-refractivity contribution in [2.45, 2.75) is 13.3 Å². The van der Waals surface area contributed by atoms with E-state index in [0.29, 0.717) is 12.5 Å². The smallest absolute Gasteiger partial charge is 0.216 e. The second-order valence-electron chi connectivity index (χ2n) is 3.19. The first-order valence-corrected chi connectivity index (χ1v) is 4.16. The molecule has 12 heavy (non-hydrogen) atoms. The first-order valence-electron chi connectivity index (χ1n) is 4.16. The topological polar surface area (TPSA) is 49.4 Å². The maximum atomic E-state index is 10.6. The minimum atomic E-state index is -0.000414. The Morgan fingerprint density at radius 2 is 2.50 bits per heavy atom. The van der Waals surface area contributed by atoms with Crippen LogP contribution in [0.25, 0.3) is 0 Å². The molecule has 1 rings (SSSR count). The van der Waals surface area contributed by atoms with Crippen LogP contribution >= 0.6 is 0 Å². The Morgan fingerprint density at radius 3 is 3.00 bits per heavy atom. The molecule has 0 aromatic rings. The van der Waals surface area contributed by atoms with E-state index in [1.807, 2.05) is 0 Å². The Kier molecular flexibility index (Phi) is 3.08. The number of carbonyl (C=O) groups excluding carboxylic acids is 2. The van der Waals surface area contributed by atoms with Crippen LogP contribution in [0.2, 0.25) is 0 Å². The molecule has 1 fully saturated rings. The Balaban J connectivity index is 2.19. The fourth-order valence-corrected chi connectivity index (χ4v) is 1.41. The molecule has 0 aliphatic carbocycles. The van der Waals surface area contributed by atoms with Crippen molar-refractivity contribution < 1.29 is 9.59 Å². The van der Waals surface area contributed by atoms with Gasteiger partial charge in [-0.15, -0.1) is 0 Å². The van der Waals surface area contributed by atoms with Crippen LogP contribution in [0.1, 0.15) is 13.3 Å². The van der Waals surface area contributed by atoms with Gasteiger partial charge in [0.05, 0.1) is 0 Å². The molecule has 1 atom stereocenters. The van der Waals surface area contributed by atoms with Crippen molar-refractivity contribution in [3.8, 4) is 0 Å². The predicted octanol–water partition coefficient (Wildman–Crippen LogP) is -0.399. The van der Waals surface area contributed by atoms with Gasteiger partial charge in [-0.25, -0.2) is 0 Å². The van der Waals surface area contributed by atoms with Crippen molar-refractivity contribution in [1.82, 2.24) is 10.2 Å². The fourth-order valence-electron chi connectivity index (χ4n) is 1.41. The van der Waals surface area contributed by atoms with E-state index in [0.717, 1.165) is 25.9 Å². The third-order valence-electron chi connectivity index (χ3n) is 2.11. The Bertz CT molecular complexity index is 182. The third-order valence-corrected chi connectivity index (χ3v) is 2.11. The quantitative estimate of drug-likeness (QED) is 0.586.